The highest BCUT2D eigenvalue weighted by molar-refractivity contribution is 6.16. The number of ether oxygens (including phenoxy) is 1. The molecule has 1 aliphatic rings. The average Bonchev–Trinajstić information content (AvgIpc) is 3.53. The van der Waals surface area contributed by atoms with E-state index >= 15 is 0 Å². The van der Waals surface area contributed by atoms with Gasteiger partial charge in [-0.25, -0.2) is 9.97 Å². The fourth-order valence-corrected chi connectivity index (χ4v) is 8.00. The molecule has 0 unspecified atom stereocenters. The van der Waals surface area contributed by atoms with E-state index in [4.69, 9.17) is 14.7 Å². The first-order valence-electron chi connectivity index (χ1n) is 17.6. The Labute approximate surface area is 299 Å². The van der Waals surface area contributed by atoms with E-state index in [1.807, 2.05) is 36.4 Å². The molecule has 8 aromatic carbocycles. The smallest absolute Gasteiger partial charge is 0.164 e. The summed E-state index contributed by atoms with van der Waals surface area (Å²) in [5, 5.41) is 7.18. The van der Waals surface area contributed by atoms with Gasteiger partial charge in [0.15, 0.2) is 5.82 Å². The molecule has 0 radical (unpaired) electrons. The molecule has 0 spiro atoms. The van der Waals surface area contributed by atoms with Gasteiger partial charge in [0, 0.05) is 38.2 Å². The van der Waals surface area contributed by atoms with Gasteiger partial charge in [-0.05, 0) is 58.8 Å². The van der Waals surface area contributed by atoms with Crippen LogP contribution in [0.5, 0.6) is 11.5 Å². The second kappa shape index (κ2) is 11.2. The highest BCUT2D eigenvalue weighted by atomic mass is 16.5. The van der Waals surface area contributed by atoms with Crippen molar-refractivity contribution >= 4 is 43.4 Å². The standard InChI is InChI=1S/C48H29N3O/c1-3-13-30(14-4-1)40-29-41(31-15-5-2-6-16-31)50-48(49-40)38-23-12-21-36-35-20-11-22-37-43(25-26-45(46(35)37)52-47(36)38)51-42-24-10-9-19-34(42)39-27-32-17-7-8-18-33(32)28-44(39)51/h1-29H. The number of aromatic nitrogens is 3. The van der Waals surface area contributed by atoms with Crippen LogP contribution in [0.1, 0.15) is 0 Å². The van der Waals surface area contributed by atoms with Crippen LogP contribution >= 0.6 is 0 Å². The quantitative estimate of drug-likeness (QED) is 0.188. The molecule has 242 valence electrons. The number of hydrogen-bond acceptors (Lipinski definition) is 3. The van der Waals surface area contributed by atoms with Crippen LogP contribution in [0.25, 0.3) is 94.1 Å². The Hall–Kier alpha value is -7.04. The van der Waals surface area contributed by atoms with E-state index in [1.54, 1.807) is 0 Å². The van der Waals surface area contributed by atoms with E-state index in [1.165, 1.54) is 32.6 Å². The number of hydrogen-bond donors (Lipinski definition) is 0. The molecule has 0 saturated carbocycles. The van der Waals surface area contributed by atoms with Crippen molar-refractivity contribution in [1.29, 1.82) is 0 Å². The molecule has 2 aromatic heterocycles. The lowest BCUT2D eigenvalue weighted by Crippen LogP contribution is -2.03. The zero-order chi connectivity index (χ0) is 34.2. The lowest BCUT2D eigenvalue weighted by molar-refractivity contribution is 0.488. The van der Waals surface area contributed by atoms with Crippen LogP contribution in [0, 0.1) is 0 Å². The van der Waals surface area contributed by atoms with Gasteiger partial charge in [0.2, 0.25) is 0 Å². The third kappa shape index (κ3) is 4.34. The molecule has 52 heavy (non-hydrogen) atoms. The first-order valence-corrected chi connectivity index (χ1v) is 17.6. The molecular weight excluding hydrogens is 635 g/mol. The number of benzene rings is 8. The summed E-state index contributed by atoms with van der Waals surface area (Å²) in [6.45, 7) is 0. The monoisotopic (exact) mass is 663 g/mol. The molecule has 11 rings (SSSR count). The van der Waals surface area contributed by atoms with Crippen molar-refractivity contribution in [2.24, 2.45) is 0 Å². The van der Waals surface area contributed by atoms with Crippen molar-refractivity contribution in [1.82, 2.24) is 14.5 Å². The van der Waals surface area contributed by atoms with Crippen molar-refractivity contribution in [2.75, 3.05) is 0 Å². The summed E-state index contributed by atoms with van der Waals surface area (Å²) in [6.07, 6.45) is 0. The van der Waals surface area contributed by atoms with Crippen molar-refractivity contribution in [3.8, 4) is 62.2 Å². The fourth-order valence-electron chi connectivity index (χ4n) is 8.00. The van der Waals surface area contributed by atoms with Gasteiger partial charge in [-0.15, -0.1) is 0 Å². The molecule has 0 N–H and O–H groups in total. The molecule has 0 saturated heterocycles. The summed E-state index contributed by atoms with van der Waals surface area (Å²) in [5.74, 6) is 2.22. The molecule has 0 amide bonds. The zero-order valence-corrected chi connectivity index (χ0v) is 28.0. The minimum atomic E-state index is 0.627. The molecule has 0 fully saturated rings. The van der Waals surface area contributed by atoms with Crippen LogP contribution in [0.15, 0.2) is 176 Å². The Kier molecular flexibility index (Phi) is 6.22. The minimum absolute atomic E-state index is 0.627. The number of para-hydroxylation sites is 2. The summed E-state index contributed by atoms with van der Waals surface area (Å²) in [5.41, 5.74) is 10.3. The predicted octanol–water partition coefficient (Wildman–Crippen LogP) is 12.7. The van der Waals surface area contributed by atoms with Gasteiger partial charge in [-0.3, -0.25) is 0 Å². The summed E-state index contributed by atoms with van der Waals surface area (Å²) in [7, 11) is 0. The maximum atomic E-state index is 6.94. The van der Waals surface area contributed by atoms with Crippen molar-refractivity contribution in [3.63, 3.8) is 0 Å². The van der Waals surface area contributed by atoms with Gasteiger partial charge in [0.05, 0.1) is 33.7 Å². The Bertz CT molecular complexity index is 2980. The fraction of sp³-hybridized carbons (Fsp3) is 0. The molecule has 0 bridgehead atoms. The second-order valence-electron chi connectivity index (χ2n) is 13.4. The number of fused-ring (bicyclic) bond motifs is 6. The van der Waals surface area contributed by atoms with E-state index in [0.717, 1.165) is 67.2 Å². The predicted molar refractivity (Wildman–Crippen MR) is 213 cm³/mol. The molecule has 10 aromatic rings. The number of rotatable bonds is 4. The maximum Gasteiger partial charge on any atom is 0.164 e. The van der Waals surface area contributed by atoms with E-state index < -0.39 is 0 Å². The number of nitrogens with zero attached hydrogens (tertiary/aromatic N) is 3. The average molecular weight is 664 g/mol. The van der Waals surface area contributed by atoms with Crippen molar-refractivity contribution < 1.29 is 4.74 Å². The van der Waals surface area contributed by atoms with Crippen LogP contribution in [0.3, 0.4) is 0 Å². The molecular formula is C48H29N3O. The lowest BCUT2D eigenvalue weighted by Gasteiger charge is -2.25. The van der Waals surface area contributed by atoms with Gasteiger partial charge < -0.3 is 9.30 Å². The van der Waals surface area contributed by atoms with E-state index in [9.17, 15) is 0 Å². The summed E-state index contributed by atoms with van der Waals surface area (Å²) in [4.78, 5) is 10.3. The Morgan fingerprint density at radius 1 is 0.423 bits per heavy atom. The van der Waals surface area contributed by atoms with E-state index in [0.29, 0.717) is 5.82 Å². The SMILES string of the molecule is c1ccc(-c2cc(-c3ccccc3)nc(-c3cccc4c3Oc3ccc(-n5c6ccccc6c6cc7ccccc7cc65)c5cccc-4c35)n2)cc1. The largest absolute Gasteiger partial charge is 0.455 e. The maximum absolute atomic E-state index is 6.94. The highest BCUT2D eigenvalue weighted by Gasteiger charge is 2.26. The van der Waals surface area contributed by atoms with Gasteiger partial charge in [-0.1, -0.05) is 133 Å². The van der Waals surface area contributed by atoms with Crippen LogP contribution in [-0.4, -0.2) is 14.5 Å². The van der Waals surface area contributed by atoms with Gasteiger partial charge in [0.1, 0.15) is 11.5 Å². The molecule has 4 heteroatoms. The Morgan fingerprint density at radius 2 is 1.04 bits per heavy atom. The minimum Gasteiger partial charge on any atom is -0.455 e. The second-order valence-corrected chi connectivity index (χ2v) is 13.4. The third-order valence-electron chi connectivity index (χ3n) is 10.4. The van der Waals surface area contributed by atoms with Crippen LogP contribution in [0.4, 0.5) is 0 Å². The van der Waals surface area contributed by atoms with Crippen molar-refractivity contribution in [3.05, 3.63) is 176 Å². The van der Waals surface area contributed by atoms with Crippen LogP contribution in [-0.2, 0) is 0 Å². The summed E-state index contributed by atoms with van der Waals surface area (Å²) >= 11 is 0. The van der Waals surface area contributed by atoms with E-state index in [2.05, 4.69) is 144 Å². The lowest BCUT2D eigenvalue weighted by atomic mass is 9.92. The van der Waals surface area contributed by atoms with Gasteiger partial charge in [-0.2, -0.15) is 0 Å². The van der Waals surface area contributed by atoms with Crippen molar-refractivity contribution in [2.45, 2.75) is 0 Å². The molecule has 4 nitrogen and oxygen atoms in total. The molecule has 0 aliphatic carbocycles. The van der Waals surface area contributed by atoms with Crippen LogP contribution < -0.4 is 4.74 Å². The first kappa shape index (κ1) is 28.8. The Balaban J connectivity index is 1.13. The van der Waals surface area contributed by atoms with Gasteiger partial charge in [0.25, 0.3) is 0 Å². The van der Waals surface area contributed by atoms with Crippen LogP contribution in [0.2, 0.25) is 0 Å². The van der Waals surface area contributed by atoms with E-state index in [-0.39, 0.29) is 0 Å². The topological polar surface area (TPSA) is 39.9 Å². The molecule has 1 aliphatic heterocycles. The third-order valence-corrected chi connectivity index (χ3v) is 10.4. The normalized spacial score (nSPS) is 12.0. The molecule has 0 atom stereocenters. The summed E-state index contributed by atoms with van der Waals surface area (Å²) in [6, 6.07) is 61.8. The summed E-state index contributed by atoms with van der Waals surface area (Å²) < 4.78 is 9.36. The Morgan fingerprint density at radius 3 is 1.81 bits per heavy atom. The van der Waals surface area contributed by atoms with Gasteiger partial charge >= 0.3 is 0 Å². The first-order chi connectivity index (χ1) is 25.8. The highest BCUT2D eigenvalue weighted by Crippen LogP contribution is 2.51. The zero-order valence-electron chi connectivity index (χ0n) is 28.0. The molecule has 3 heterocycles.